The molecule has 6 nitrogen and oxygen atoms in total. The molecule has 1 aliphatic heterocycles. The van der Waals surface area contributed by atoms with E-state index in [1.165, 1.54) is 32.4 Å². The number of phenolic OH excluding ortho intramolecular Hbond substituents is 3. The minimum Gasteiger partial charge on any atom is -0.508 e. The Balaban J connectivity index is 1.90. The van der Waals surface area contributed by atoms with Crippen molar-refractivity contribution in [3.8, 4) is 34.5 Å². The van der Waals surface area contributed by atoms with Crippen molar-refractivity contribution < 1.29 is 33.9 Å². The lowest BCUT2D eigenvalue weighted by Gasteiger charge is -2.35. The Bertz CT molecular complexity index is 1070. The van der Waals surface area contributed by atoms with Crippen LogP contribution < -0.4 is 14.2 Å². The molecule has 0 radical (unpaired) electrons. The fourth-order valence-corrected chi connectivity index (χ4v) is 3.94. The molecule has 7 heteroatoms. The fourth-order valence-electron chi connectivity index (χ4n) is 3.94. The minimum absolute atomic E-state index is 0.0656. The Morgan fingerprint density at radius 3 is 2.23 bits per heavy atom. The maximum absolute atomic E-state index is 14.2. The Hall–Kier alpha value is -3.61. The van der Waals surface area contributed by atoms with Crippen LogP contribution >= 0.6 is 0 Å². The van der Waals surface area contributed by atoms with Crippen LogP contribution in [-0.2, 0) is 0 Å². The van der Waals surface area contributed by atoms with E-state index in [1.807, 2.05) is 0 Å². The number of hydrogen-bond acceptors (Lipinski definition) is 6. The van der Waals surface area contributed by atoms with Crippen LogP contribution in [0.4, 0.5) is 4.39 Å². The highest BCUT2D eigenvalue weighted by Crippen LogP contribution is 2.49. The molecule has 1 heterocycles. The monoisotopic (exact) mass is 412 g/mol. The first-order chi connectivity index (χ1) is 14.4. The molecule has 0 saturated carbocycles. The zero-order chi connectivity index (χ0) is 21.4. The van der Waals surface area contributed by atoms with Gasteiger partial charge in [0.05, 0.1) is 20.8 Å². The third-order valence-electron chi connectivity index (χ3n) is 5.41. The topological polar surface area (TPSA) is 88.4 Å². The van der Waals surface area contributed by atoms with Crippen LogP contribution in [0.1, 0.15) is 28.5 Å². The van der Waals surface area contributed by atoms with Gasteiger partial charge in [-0.25, -0.2) is 4.39 Å². The summed E-state index contributed by atoms with van der Waals surface area (Å²) >= 11 is 0. The van der Waals surface area contributed by atoms with E-state index in [1.54, 1.807) is 30.3 Å². The Morgan fingerprint density at radius 2 is 1.60 bits per heavy atom. The van der Waals surface area contributed by atoms with Crippen LogP contribution in [0.25, 0.3) is 0 Å². The van der Waals surface area contributed by atoms with E-state index in [-0.39, 0.29) is 41.4 Å². The number of ether oxygens (including phenoxy) is 3. The molecule has 0 amide bonds. The maximum Gasteiger partial charge on any atom is 0.200 e. The predicted molar refractivity (Wildman–Crippen MR) is 107 cm³/mol. The lowest BCUT2D eigenvalue weighted by atomic mass is 9.75. The van der Waals surface area contributed by atoms with Crippen molar-refractivity contribution in [1.82, 2.24) is 0 Å². The van der Waals surface area contributed by atoms with E-state index in [2.05, 4.69) is 0 Å². The minimum atomic E-state index is -0.723. The number of fused-ring (bicyclic) bond motifs is 1. The summed E-state index contributed by atoms with van der Waals surface area (Å²) in [5.41, 5.74) is 2.16. The van der Waals surface area contributed by atoms with Gasteiger partial charge < -0.3 is 29.5 Å². The standard InChI is InChI=1S/C23H21FO6/c1-28-20-8-13(9-21(29-2)23(20)27)16-11-30-19-10-14(25)4-5-15(19)22(16)12-3-6-18(26)17(24)7-12/h3-10,16,22,25-27H,11H2,1-2H3. The summed E-state index contributed by atoms with van der Waals surface area (Å²) in [6.45, 7) is 0.237. The van der Waals surface area contributed by atoms with E-state index < -0.39 is 11.6 Å². The molecule has 2 atom stereocenters. The highest BCUT2D eigenvalue weighted by atomic mass is 19.1. The van der Waals surface area contributed by atoms with Crippen LogP contribution in [0.3, 0.4) is 0 Å². The second-order valence-corrected chi connectivity index (χ2v) is 7.10. The first-order valence-electron chi connectivity index (χ1n) is 9.32. The summed E-state index contributed by atoms with van der Waals surface area (Å²) in [4.78, 5) is 0. The van der Waals surface area contributed by atoms with Gasteiger partial charge in [-0.15, -0.1) is 0 Å². The van der Waals surface area contributed by atoms with Crippen LogP contribution in [0, 0.1) is 5.82 Å². The number of phenols is 3. The van der Waals surface area contributed by atoms with Gasteiger partial charge in [-0.3, -0.25) is 0 Å². The van der Waals surface area contributed by atoms with Crippen molar-refractivity contribution in [3.63, 3.8) is 0 Å². The first-order valence-corrected chi connectivity index (χ1v) is 9.32. The molecular formula is C23H21FO6. The Morgan fingerprint density at radius 1 is 0.900 bits per heavy atom. The average molecular weight is 412 g/mol. The molecule has 30 heavy (non-hydrogen) atoms. The lowest BCUT2D eigenvalue weighted by Crippen LogP contribution is -2.25. The van der Waals surface area contributed by atoms with Crippen molar-refractivity contribution in [2.24, 2.45) is 0 Å². The number of rotatable bonds is 4. The molecule has 0 bridgehead atoms. The van der Waals surface area contributed by atoms with Crippen LogP contribution in [0.5, 0.6) is 34.5 Å². The second-order valence-electron chi connectivity index (χ2n) is 7.10. The summed E-state index contributed by atoms with van der Waals surface area (Å²) in [7, 11) is 2.89. The summed E-state index contributed by atoms with van der Waals surface area (Å²) in [6.07, 6.45) is 0. The van der Waals surface area contributed by atoms with Crippen molar-refractivity contribution in [3.05, 3.63) is 71.0 Å². The largest absolute Gasteiger partial charge is 0.508 e. The molecule has 156 valence electrons. The van der Waals surface area contributed by atoms with E-state index >= 15 is 0 Å². The number of halogens is 1. The number of aromatic hydroxyl groups is 3. The molecule has 4 rings (SSSR count). The quantitative estimate of drug-likeness (QED) is 0.593. The van der Waals surface area contributed by atoms with Gasteiger partial charge in [-0.1, -0.05) is 12.1 Å². The van der Waals surface area contributed by atoms with Gasteiger partial charge in [0.2, 0.25) is 5.75 Å². The fraction of sp³-hybridized carbons (Fsp3) is 0.217. The maximum atomic E-state index is 14.2. The van der Waals surface area contributed by atoms with E-state index in [9.17, 15) is 19.7 Å². The third-order valence-corrected chi connectivity index (χ3v) is 5.41. The predicted octanol–water partition coefficient (Wildman–Crippen LogP) is 4.27. The zero-order valence-electron chi connectivity index (χ0n) is 16.4. The van der Waals surface area contributed by atoms with Crippen molar-refractivity contribution in [2.75, 3.05) is 20.8 Å². The smallest absolute Gasteiger partial charge is 0.200 e. The number of benzene rings is 3. The normalized spacial score (nSPS) is 17.7. The summed E-state index contributed by atoms with van der Waals surface area (Å²) < 4.78 is 30.7. The van der Waals surface area contributed by atoms with Gasteiger partial charge in [0, 0.05) is 23.5 Å². The van der Waals surface area contributed by atoms with Gasteiger partial charge in [0.15, 0.2) is 23.1 Å². The summed E-state index contributed by atoms with van der Waals surface area (Å²) in [6, 6.07) is 12.5. The molecule has 0 aliphatic carbocycles. The van der Waals surface area contributed by atoms with Crippen LogP contribution in [0.15, 0.2) is 48.5 Å². The van der Waals surface area contributed by atoms with Gasteiger partial charge >= 0.3 is 0 Å². The molecule has 0 aromatic heterocycles. The van der Waals surface area contributed by atoms with Gasteiger partial charge in [0.1, 0.15) is 11.5 Å². The van der Waals surface area contributed by atoms with Crippen molar-refractivity contribution in [1.29, 1.82) is 0 Å². The number of hydrogen-bond donors (Lipinski definition) is 3. The van der Waals surface area contributed by atoms with Crippen molar-refractivity contribution >= 4 is 0 Å². The molecule has 0 fully saturated rings. The van der Waals surface area contributed by atoms with Gasteiger partial charge in [-0.05, 0) is 41.5 Å². The summed E-state index contributed by atoms with van der Waals surface area (Å²) in [5, 5.41) is 29.7. The van der Waals surface area contributed by atoms with Gasteiger partial charge in [-0.2, -0.15) is 0 Å². The van der Waals surface area contributed by atoms with E-state index in [0.717, 1.165) is 11.1 Å². The second kappa shape index (κ2) is 7.67. The van der Waals surface area contributed by atoms with Crippen molar-refractivity contribution in [2.45, 2.75) is 11.8 Å². The van der Waals surface area contributed by atoms with Crippen LogP contribution in [0.2, 0.25) is 0 Å². The lowest BCUT2D eigenvalue weighted by molar-refractivity contribution is 0.246. The molecule has 0 spiro atoms. The molecule has 3 N–H and O–H groups in total. The molecule has 3 aromatic rings. The van der Waals surface area contributed by atoms with Gasteiger partial charge in [0.25, 0.3) is 0 Å². The van der Waals surface area contributed by atoms with E-state index in [0.29, 0.717) is 11.3 Å². The SMILES string of the molecule is COc1cc(C2COc3cc(O)ccc3C2c2ccc(O)c(F)c2)cc(OC)c1O. The Kier molecular flexibility index (Phi) is 5.03. The Labute approximate surface area is 172 Å². The zero-order valence-corrected chi connectivity index (χ0v) is 16.4. The highest BCUT2D eigenvalue weighted by Gasteiger charge is 2.35. The number of methoxy groups -OCH3 is 2. The third kappa shape index (κ3) is 3.32. The first kappa shape index (κ1) is 19.7. The van der Waals surface area contributed by atoms with E-state index in [4.69, 9.17) is 14.2 Å². The van der Waals surface area contributed by atoms with Crippen LogP contribution in [-0.4, -0.2) is 36.1 Å². The molecule has 2 unspecified atom stereocenters. The molecule has 0 saturated heterocycles. The molecule has 1 aliphatic rings. The average Bonchev–Trinajstić information content (AvgIpc) is 2.75. The molecule has 3 aromatic carbocycles. The molecular weight excluding hydrogens is 391 g/mol. The summed E-state index contributed by atoms with van der Waals surface area (Å²) in [5.74, 6) is -0.831. The highest BCUT2D eigenvalue weighted by molar-refractivity contribution is 5.56.